The molecule has 2 heterocycles. The molecule has 1 N–H and O–H groups in total. The summed E-state index contributed by atoms with van der Waals surface area (Å²) in [6.07, 6.45) is 2.32. The van der Waals surface area contributed by atoms with Gasteiger partial charge < -0.3 is 10.2 Å². The SMILES string of the molecule is CC(C)(C)CC(C)(C)NC(=O)[C@@H]1CS[C@]2(C)CCC(=O)N12. The first-order valence-electron chi connectivity index (χ1n) is 7.72. The smallest absolute Gasteiger partial charge is 0.244 e. The molecule has 2 aliphatic rings. The van der Waals surface area contributed by atoms with E-state index in [1.807, 2.05) is 4.90 Å². The van der Waals surface area contributed by atoms with Crippen LogP contribution >= 0.6 is 11.8 Å². The largest absolute Gasteiger partial charge is 0.349 e. The molecule has 0 aromatic carbocycles. The van der Waals surface area contributed by atoms with E-state index in [-0.39, 0.29) is 33.7 Å². The van der Waals surface area contributed by atoms with E-state index >= 15 is 0 Å². The zero-order valence-electron chi connectivity index (χ0n) is 14.1. The van der Waals surface area contributed by atoms with E-state index in [2.05, 4.69) is 46.9 Å². The Balaban J connectivity index is 2.06. The van der Waals surface area contributed by atoms with Crippen molar-refractivity contribution in [2.24, 2.45) is 5.41 Å². The van der Waals surface area contributed by atoms with Crippen LogP contribution in [0, 0.1) is 5.41 Å². The molecule has 120 valence electrons. The molecule has 2 atom stereocenters. The van der Waals surface area contributed by atoms with Crippen LogP contribution in [-0.4, -0.2) is 38.9 Å². The third-order valence-electron chi connectivity index (χ3n) is 4.18. The number of nitrogens with zero attached hydrogens (tertiary/aromatic N) is 1. The predicted molar refractivity (Wildman–Crippen MR) is 87.0 cm³/mol. The fourth-order valence-electron chi connectivity index (χ4n) is 3.80. The number of hydrogen-bond acceptors (Lipinski definition) is 3. The molecule has 0 spiro atoms. The van der Waals surface area contributed by atoms with Crippen molar-refractivity contribution in [3.63, 3.8) is 0 Å². The molecular weight excluding hydrogens is 284 g/mol. The number of carbonyl (C=O) groups excluding carboxylic acids is 2. The Bertz CT molecular complexity index is 456. The number of nitrogens with one attached hydrogen (secondary N) is 1. The normalized spacial score (nSPS) is 29.7. The maximum absolute atomic E-state index is 12.7. The van der Waals surface area contributed by atoms with Crippen LogP contribution in [0.25, 0.3) is 0 Å². The molecule has 0 aromatic heterocycles. The minimum absolute atomic E-state index is 0.00396. The summed E-state index contributed by atoms with van der Waals surface area (Å²) < 4.78 is 0. The number of carbonyl (C=O) groups is 2. The van der Waals surface area contributed by atoms with Gasteiger partial charge in [0, 0.05) is 17.7 Å². The van der Waals surface area contributed by atoms with Crippen LogP contribution < -0.4 is 5.32 Å². The molecule has 2 fully saturated rings. The summed E-state index contributed by atoms with van der Waals surface area (Å²) in [4.78, 5) is 26.4. The molecule has 2 rings (SSSR count). The predicted octanol–water partition coefficient (Wildman–Crippen LogP) is 2.77. The quantitative estimate of drug-likeness (QED) is 0.872. The summed E-state index contributed by atoms with van der Waals surface area (Å²) in [6.45, 7) is 12.7. The second-order valence-corrected chi connectivity index (χ2v) is 9.88. The summed E-state index contributed by atoms with van der Waals surface area (Å²) >= 11 is 1.74. The van der Waals surface area contributed by atoms with Crippen LogP contribution in [-0.2, 0) is 9.59 Å². The summed E-state index contributed by atoms with van der Waals surface area (Å²) in [6, 6.07) is -0.311. The van der Waals surface area contributed by atoms with Gasteiger partial charge in [0.05, 0.1) is 4.87 Å². The molecule has 5 heteroatoms. The summed E-state index contributed by atoms with van der Waals surface area (Å²) in [5.41, 5.74) is -0.110. The topological polar surface area (TPSA) is 49.4 Å². The third-order valence-corrected chi connectivity index (χ3v) is 5.69. The first kappa shape index (κ1) is 16.7. The molecule has 2 aliphatic heterocycles. The highest BCUT2D eigenvalue weighted by molar-refractivity contribution is 8.01. The van der Waals surface area contributed by atoms with E-state index in [1.165, 1.54) is 0 Å². The third kappa shape index (κ3) is 3.55. The standard InChI is InChI=1S/C16H28N2O2S/c1-14(2,3)10-15(4,5)17-13(20)11-9-21-16(6)8-7-12(19)18(11)16/h11H,7-10H2,1-6H3,(H,17,20)/t11-,16+/m0/s1. The average molecular weight is 312 g/mol. The summed E-state index contributed by atoms with van der Waals surface area (Å²) in [5, 5.41) is 3.16. The fraction of sp³-hybridized carbons (Fsp3) is 0.875. The van der Waals surface area contributed by atoms with Crippen LogP contribution in [0.3, 0.4) is 0 Å². The lowest BCUT2D eigenvalue weighted by Gasteiger charge is -2.36. The number of thioether (sulfide) groups is 1. The minimum atomic E-state index is -0.311. The van der Waals surface area contributed by atoms with Crippen molar-refractivity contribution < 1.29 is 9.59 Å². The molecule has 4 nitrogen and oxygen atoms in total. The average Bonchev–Trinajstić information content (AvgIpc) is 2.72. The molecule has 2 amide bonds. The van der Waals surface area contributed by atoms with Gasteiger partial charge >= 0.3 is 0 Å². The van der Waals surface area contributed by atoms with Crippen LogP contribution in [0.4, 0.5) is 0 Å². The van der Waals surface area contributed by atoms with Gasteiger partial charge in [-0.2, -0.15) is 0 Å². The van der Waals surface area contributed by atoms with Crippen LogP contribution in [0.2, 0.25) is 0 Å². The second kappa shape index (κ2) is 5.18. The van der Waals surface area contributed by atoms with Gasteiger partial charge in [-0.15, -0.1) is 11.8 Å². The van der Waals surface area contributed by atoms with Crippen LogP contribution in [0.15, 0.2) is 0 Å². The highest BCUT2D eigenvalue weighted by Gasteiger charge is 2.53. The van der Waals surface area contributed by atoms with Gasteiger partial charge in [0.25, 0.3) is 0 Å². The molecule has 2 saturated heterocycles. The van der Waals surface area contributed by atoms with E-state index in [9.17, 15) is 9.59 Å². The summed E-state index contributed by atoms with van der Waals surface area (Å²) in [5.74, 6) is 0.826. The Morgan fingerprint density at radius 3 is 2.57 bits per heavy atom. The lowest BCUT2D eigenvalue weighted by atomic mass is 9.81. The lowest BCUT2D eigenvalue weighted by Crippen LogP contribution is -2.55. The zero-order chi connectivity index (χ0) is 16.1. The molecule has 0 unspecified atom stereocenters. The van der Waals surface area contributed by atoms with E-state index in [0.29, 0.717) is 12.2 Å². The van der Waals surface area contributed by atoms with E-state index in [0.717, 1.165) is 12.8 Å². The van der Waals surface area contributed by atoms with Gasteiger partial charge in [-0.05, 0) is 39.0 Å². The molecule has 0 bridgehead atoms. The van der Waals surface area contributed by atoms with Gasteiger partial charge in [-0.25, -0.2) is 0 Å². The van der Waals surface area contributed by atoms with Crippen molar-refractivity contribution in [3.8, 4) is 0 Å². The maximum Gasteiger partial charge on any atom is 0.244 e. The molecular formula is C16H28N2O2S. The van der Waals surface area contributed by atoms with E-state index in [4.69, 9.17) is 0 Å². The second-order valence-electron chi connectivity index (χ2n) is 8.38. The van der Waals surface area contributed by atoms with Crippen LogP contribution in [0.5, 0.6) is 0 Å². The minimum Gasteiger partial charge on any atom is -0.349 e. The van der Waals surface area contributed by atoms with Gasteiger partial charge in [0.1, 0.15) is 6.04 Å². The van der Waals surface area contributed by atoms with Crippen molar-refractivity contribution in [2.75, 3.05) is 5.75 Å². The Hall–Kier alpha value is -0.710. The molecule has 0 aromatic rings. The molecule has 0 saturated carbocycles. The van der Waals surface area contributed by atoms with Crippen molar-refractivity contribution in [1.29, 1.82) is 0 Å². The lowest BCUT2D eigenvalue weighted by molar-refractivity contribution is -0.138. The number of fused-ring (bicyclic) bond motifs is 1. The van der Waals surface area contributed by atoms with E-state index in [1.54, 1.807) is 11.8 Å². The summed E-state index contributed by atoms with van der Waals surface area (Å²) in [7, 11) is 0. The van der Waals surface area contributed by atoms with Crippen molar-refractivity contribution in [1.82, 2.24) is 10.2 Å². The van der Waals surface area contributed by atoms with Crippen molar-refractivity contribution in [3.05, 3.63) is 0 Å². The van der Waals surface area contributed by atoms with Gasteiger partial charge in [-0.3, -0.25) is 9.59 Å². The maximum atomic E-state index is 12.7. The molecule has 21 heavy (non-hydrogen) atoms. The highest BCUT2D eigenvalue weighted by atomic mass is 32.2. The van der Waals surface area contributed by atoms with Crippen molar-refractivity contribution >= 4 is 23.6 Å². The molecule has 0 aliphatic carbocycles. The Labute approximate surface area is 132 Å². The first-order valence-corrected chi connectivity index (χ1v) is 8.70. The molecule has 0 radical (unpaired) electrons. The number of amides is 2. The van der Waals surface area contributed by atoms with E-state index < -0.39 is 0 Å². The van der Waals surface area contributed by atoms with Gasteiger partial charge in [0.15, 0.2) is 0 Å². The van der Waals surface area contributed by atoms with Gasteiger partial charge in [0.2, 0.25) is 11.8 Å². The van der Waals surface area contributed by atoms with Crippen molar-refractivity contribution in [2.45, 2.75) is 77.3 Å². The number of rotatable bonds is 3. The Morgan fingerprint density at radius 2 is 2.00 bits per heavy atom. The highest BCUT2D eigenvalue weighted by Crippen LogP contribution is 2.47. The Morgan fingerprint density at radius 1 is 1.38 bits per heavy atom. The first-order chi connectivity index (χ1) is 9.44. The van der Waals surface area contributed by atoms with Crippen LogP contribution in [0.1, 0.15) is 60.8 Å². The van der Waals surface area contributed by atoms with Gasteiger partial charge in [-0.1, -0.05) is 20.8 Å². The zero-order valence-corrected chi connectivity index (χ0v) is 14.9. The Kier molecular flexibility index (Phi) is 4.11. The fourth-order valence-corrected chi connectivity index (χ4v) is 5.23. The monoisotopic (exact) mass is 312 g/mol. The number of hydrogen-bond donors (Lipinski definition) is 1.